The molecule has 0 atom stereocenters. The lowest BCUT2D eigenvalue weighted by Gasteiger charge is -2.31. The van der Waals surface area contributed by atoms with Crippen LogP contribution in [0.1, 0.15) is 36.0 Å². The van der Waals surface area contributed by atoms with Crippen LogP contribution >= 0.6 is 0 Å². The van der Waals surface area contributed by atoms with Crippen LogP contribution in [0.4, 0.5) is 11.4 Å². The van der Waals surface area contributed by atoms with Gasteiger partial charge in [-0.25, -0.2) is 8.42 Å². The molecule has 2 aliphatic rings. The van der Waals surface area contributed by atoms with Crippen LogP contribution in [0.2, 0.25) is 0 Å². The van der Waals surface area contributed by atoms with Gasteiger partial charge in [-0.2, -0.15) is 4.31 Å². The van der Waals surface area contributed by atoms with Crippen molar-refractivity contribution in [3.63, 3.8) is 0 Å². The third-order valence-electron chi connectivity index (χ3n) is 6.07. The topological polar surface area (TPSA) is 95.6 Å². The van der Waals surface area contributed by atoms with Crippen LogP contribution < -0.4 is 10.6 Å². The Morgan fingerprint density at radius 1 is 1.06 bits per heavy atom. The number of rotatable bonds is 4. The zero-order chi connectivity index (χ0) is 22.2. The smallest absolute Gasteiger partial charge is 0.243 e. The standard InChI is InChI=1S/C23H27N3O4S/c1-15-3-6-20(16(2)13-15)25-23(28)17-9-11-26(12-10-17)31(29,30)19-5-7-21-18(14-19)4-8-22(27)24-21/h3,5-7,13-14,17H,4,8-12H2,1-2H3,(H,24,27)(H,25,28). The van der Waals surface area contributed by atoms with E-state index in [1.807, 2.05) is 32.0 Å². The highest BCUT2D eigenvalue weighted by Crippen LogP contribution is 2.29. The van der Waals surface area contributed by atoms with Crippen molar-refractivity contribution in [2.24, 2.45) is 5.92 Å². The summed E-state index contributed by atoms with van der Waals surface area (Å²) in [6, 6.07) is 10.7. The van der Waals surface area contributed by atoms with Crippen LogP contribution in [0.15, 0.2) is 41.3 Å². The van der Waals surface area contributed by atoms with Gasteiger partial charge < -0.3 is 10.6 Å². The van der Waals surface area contributed by atoms with E-state index in [-0.39, 0.29) is 22.6 Å². The number of carbonyl (C=O) groups is 2. The summed E-state index contributed by atoms with van der Waals surface area (Å²) >= 11 is 0. The van der Waals surface area contributed by atoms with Gasteiger partial charge in [0.05, 0.1) is 4.90 Å². The van der Waals surface area contributed by atoms with Gasteiger partial charge in [0.1, 0.15) is 0 Å². The fraction of sp³-hybridized carbons (Fsp3) is 0.391. The number of hydrogen-bond donors (Lipinski definition) is 2. The van der Waals surface area contributed by atoms with E-state index in [4.69, 9.17) is 0 Å². The molecule has 4 rings (SSSR count). The number of piperidine rings is 1. The predicted molar refractivity (Wildman–Crippen MR) is 119 cm³/mol. The average Bonchev–Trinajstić information content (AvgIpc) is 2.75. The summed E-state index contributed by atoms with van der Waals surface area (Å²) < 4.78 is 27.7. The van der Waals surface area contributed by atoms with Crippen molar-refractivity contribution in [1.29, 1.82) is 0 Å². The van der Waals surface area contributed by atoms with Crippen molar-refractivity contribution in [1.82, 2.24) is 4.31 Å². The molecule has 0 aromatic heterocycles. The molecule has 2 heterocycles. The van der Waals surface area contributed by atoms with Gasteiger partial charge in [0.15, 0.2) is 0 Å². The van der Waals surface area contributed by atoms with E-state index in [0.717, 1.165) is 22.4 Å². The second-order valence-corrected chi connectivity index (χ2v) is 10.3. The lowest BCUT2D eigenvalue weighted by molar-refractivity contribution is -0.121. The molecule has 164 valence electrons. The first-order valence-electron chi connectivity index (χ1n) is 10.5. The van der Waals surface area contributed by atoms with Gasteiger partial charge in [-0.3, -0.25) is 9.59 Å². The van der Waals surface area contributed by atoms with Gasteiger partial charge in [-0.15, -0.1) is 0 Å². The Kier molecular flexibility index (Phi) is 5.85. The van der Waals surface area contributed by atoms with Crippen LogP contribution in [0.25, 0.3) is 0 Å². The summed E-state index contributed by atoms with van der Waals surface area (Å²) in [6.45, 7) is 4.58. The quantitative estimate of drug-likeness (QED) is 0.762. The lowest BCUT2D eigenvalue weighted by Crippen LogP contribution is -2.41. The van der Waals surface area contributed by atoms with Crippen molar-refractivity contribution >= 4 is 33.2 Å². The van der Waals surface area contributed by atoms with Gasteiger partial charge in [0.25, 0.3) is 0 Å². The summed E-state index contributed by atoms with van der Waals surface area (Å²) in [7, 11) is -3.64. The second kappa shape index (κ2) is 8.43. The molecule has 2 N–H and O–H groups in total. The highest BCUT2D eigenvalue weighted by molar-refractivity contribution is 7.89. The summed E-state index contributed by atoms with van der Waals surface area (Å²) in [5.41, 5.74) is 4.46. The number of hydrogen-bond acceptors (Lipinski definition) is 4. The normalized spacial score (nSPS) is 17.7. The molecule has 7 nitrogen and oxygen atoms in total. The fourth-order valence-corrected chi connectivity index (χ4v) is 5.74. The van der Waals surface area contributed by atoms with E-state index in [0.29, 0.717) is 44.5 Å². The number of benzene rings is 2. The number of anilines is 2. The van der Waals surface area contributed by atoms with Gasteiger partial charge in [-0.05, 0) is 68.5 Å². The molecule has 0 bridgehead atoms. The molecule has 31 heavy (non-hydrogen) atoms. The molecule has 0 unspecified atom stereocenters. The van der Waals surface area contributed by atoms with Crippen LogP contribution in [-0.2, 0) is 26.0 Å². The molecule has 2 aromatic carbocycles. The Hall–Kier alpha value is -2.71. The number of carbonyl (C=O) groups excluding carboxylic acids is 2. The van der Waals surface area contributed by atoms with E-state index in [2.05, 4.69) is 10.6 Å². The molecule has 2 amide bonds. The van der Waals surface area contributed by atoms with Crippen LogP contribution in [0, 0.1) is 19.8 Å². The third-order valence-corrected chi connectivity index (χ3v) is 7.97. The average molecular weight is 442 g/mol. The van der Waals surface area contributed by atoms with Crippen molar-refractivity contribution in [2.75, 3.05) is 23.7 Å². The van der Waals surface area contributed by atoms with Gasteiger partial charge in [-0.1, -0.05) is 17.7 Å². The van der Waals surface area contributed by atoms with E-state index in [1.165, 1.54) is 4.31 Å². The largest absolute Gasteiger partial charge is 0.326 e. The number of sulfonamides is 1. The Bertz CT molecular complexity index is 1140. The van der Waals surface area contributed by atoms with Crippen molar-refractivity contribution in [3.8, 4) is 0 Å². The van der Waals surface area contributed by atoms with Crippen LogP contribution in [0.5, 0.6) is 0 Å². The lowest BCUT2D eigenvalue weighted by atomic mass is 9.97. The summed E-state index contributed by atoms with van der Waals surface area (Å²) in [5, 5.41) is 5.76. The molecule has 2 aliphatic heterocycles. The zero-order valence-corrected chi connectivity index (χ0v) is 18.6. The fourth-order valence-electron chi connectivity index (χ4n) is 4.22. The minimum absolute atomic E-state index is 0.0516. The first-order valence-corrected chi connectivity index (χ1v) is 12.0. The highest BCUT2D eigenvalue weighted by Gasteiger charge is 2.33. The van der Waals surface area contributed by atoms with Crippen molar-refractivity contribution in [2.45, 2.75) is 44.4 Å². The molecule has 8 heteroatoms. The SMILES string of the molecule is Cc1ccc(NC(=O)C2CCN(S(=O)(=O)c3ccc4c(c3)CCC(=O)N4)CC2)c(C)c1. The summed E-state index contributed by atoms with van der Waals surface area (Å²) in [4.78, 5) is 24.5. The number of nitrogens with zero attached hydrogens (tertiary/aromatic N) is 1. The Morgan fingerprint density at radius 3 is 2.52 bits per heavy atom. The maximum absolute atomic E-state index is 13.1. The predicted octanol–water partition coefficient (Wildman–Crippen LogP) is 3.23. The molecule has 2 aromatic rings. The minimum atomic E-state index is -3.64. The van der Waals surface area contributed by atoms with Crippen molar-refractivity contribution in [3.05, 3.63) is 53.1 Å². The maximum Gasteiger partial charge on any atom is 0.243 e. The molecule has 0 saturated carbocycles. The third kappa shape index (κ3) is 4.50. The Labute approximate surface area is 182 Å². The maximum atomic E-state index is 13.1. The molecule has 0 radical (unpaired) electrons. The van der Waals surface area contributed by atoms with E-state index in [9.17, 15) is 18.0 Å². The Balaban J connectivity index is 1.41. The number of aryl methyl sites for hydroxylation is 3. The summed E-state index contributed by atoms with van der Waals surface area (Å²) in [6.07, 6.45) is 1.86. The molecular weight excluding hydrogens is 414 g/mol. The number of nitrogens with one attached hydrogen (secondary N) is 2. The van der Waals surface area contributed by atoms with Gasteiger partial charge in [0.2, 0.25) is 21.8 Å². The number of amides is 2. The minimum Gasteiger partial charge on any atom is -0.326 e. The van der Waals surface area contributed by atoms with Gasteiger partial charge in [0, 0.05) is 36.8 Å². The highest BCUT2D eigenvalue weighted by atomic mass is 32.2. The molecule has 0 spiro atoms. The van der Waals surface area contributed by atoms with Gasteiger partial charge >= 0.3 is 0 Å². The number of fused-ring (bicyclic) bond motifs is 1. The molecular formula is C23H27N3O4S. The van der Waals surface area contributed by atoms with Crippen LogP contribution in [-0.4, -0.2) is 37.6 Å². The monoisotopic (exact) mass is 441 g/mol. The summed E-state index contributed by atoms with van der Waals surface area (Å²) in [5.74, 6) is -0.330. The van der Waals surface area contributed by atoms with Crippen molar-refractivity contribution < 1.29 is 18.0 Å². The first kappa shape index (κ1) is 21.5. The van der Waals surface area contributed by atoms with E-state index >= 15 is 0 Å². The van der Waals surface area contributed by atoms with E-state index in [1.54, 1.807) is 18.2 Å². The zero-order valence-electron chi connectivity index (χ0n) is 17.8. The Morgan fingerprint density at radius 2 is 1.81 bits per heavy atom. The van der Waals surface area contributed by atoms with E-state index < -0.39 is 10.0 Å². The van der Waals surface area contributed by atoms with Crippen LogP contribution in [0.3, 0.4) is 0 Å². The molecule has 1 fully saturated rings. The first-order chi connectivity index (χ1) is 14.7. The molecule has 1 saturated heterocycles. The second-order valence-electron chi connectivity index (χ2n) is 8.35. The molecule has 0 aliphatic carbocycles.